The highest BCUT2D eigenvalue weighted by Gasteiger charge is 2.21. The smallest absolute Gasteiger partial charge is 0.0627 e. The summed E-state index contributed by atoms with van der Waals surface area (Å²) >= 11 is 0. The van der Waals surface area contributed by atoms with Crippen LogP contribution in [0.2, 0.25) is 0 Å². The molecule has 1 aliphatic rings. The third-order valence-corrected chi connectivity index (χ3v) is 1.83. The Bertz CT molecular complexity index is 233. The van der Waals surface area contributed by atoms with Crippen molar-refractivity contribution >= 4 is 0 Å². The third-order valence-electron chi connectivity index (χ3n) is 1.83. The average Bonchev–Trinajstić information content (AvgIpc) is 2.44. The Kier molecular flexibility index (Phi) is 1.22. The third kappa shape index (κ3) is 0.661. The van der Waals surface area contributed by atoms with Crippen molar-refractivity contribution in [1.29, 1.82) is 0 Å². The minimum atomic E-state index is 0.0914. The molecule has 0 amide bonds. The van der Waals surface area contributed by atoms with Crippen LogP contribution in [0, 0.1) is 0 Å². The fourth-order valence-corrected chi connectivity index (χ4v) is 1.26. The first kappa shape index (κ1) is 5.88. The molecule has 0 fully saturated rings. The number of fused-ring (bicyclic) bond motifs is 1. The lowest BCUT2D eigenvalue weighted by atomic mass is 10.2. The molecule has 0 spiro atoms. The molecular formula is C6H9N3O. The van der Waals surface area contributed by atoms with Crippen LogP contribution < -0.4 is 5.32 Å². The predicted octanol–water partition coefficient (Wildman–Crippen LogP) is -0.454. The van der Waals surface area contributed by atoms with Gasteiger partial charge in [-0.2, -0.15) is 5.10 Å². The molecule has 2 rings (SSSR count). The molecule has 4 nitrogen and oxygen atoms in total. The van der Waals surface area contributed by atoms with Crippen molar-refractivity contribution in [3.63, 3.8) is 0 Å². The van der Waals surface area contributed by atoms with Crippen molar-refractivity contribution in [1.82, 2.24) is 15.5 Å². The predicted molar refractivity (Wildman–Crippen MR) is 35.3 cm³/mol. The summed E-state index contributed by atoms with van der Waals surface area (Å²) in [4.78, 5) is 0. The molecule has 1 atom stereocenters. The SMILES string of the molecule is OCC1NCc2[nH]ncc21. The molecule has 4 heteroatoms. The molecule has 1 aromatic rings. The summed E-state index contributed by atoms with van der Waals surface area (Å²) in [5.41, 5.74) is 2.20. The van der Waals surface area contributed by atoms with Crippen molar-refractivity contribution in [2.75, 3.05) is 6.61 Å². The topological polar surface area (TPSA) is 60.9 Å². The van der Waals surface area contributed by atoms with E-state index in [0.29, 0.717) is 0 Å². The molecule has 0 aromatic carbocycles. The van der Waals surface area contributed by atoms with Crippen molar-refractivity contribution in [2.24, 2.45) is 0 Å². The van der Waals surface area contributed by atoms with Crippen molar-refractivity contribution in [3.8, 4) is 0 Å². The van der Waals surface area contributed by atoms with Gasteiger partial charge in [0, 0.05) is 12.1 Å². The Labute approximate surface area is 58.3 Å². The fraction of sp³-hybridized carbons (Fsp3) is 0.500. The Morgan fingerprint density at radius 2 is 2.70 bits per heavy atom. The van der Waals surface area contributed by atoms with Gasteiger partial charge in [-0.05, 0) is 0 Å². The van der Waals surface area contributed by atoms with Crippen molar-refractivity contribution < 1.29 is 5.11 Å². The Hall–Kier alpha value is -0.870. The second-order valence-corrected chi connectivity index (χ2v) is 2.42. The first-order valence-electron chi connectivity index (χ1n) is 3.28. The van der Waals surface area contributed by atoms with Gasteiger partial charge in [-0.1, -0.05) is 0 Å². The molecule has 10 heavy (non-hydrogen) atoms. The number of hydrogen-bond acceptors (Lipinski definition) is 3. The van der Waals surface area contributed by atoms with E-state index in [1.54, 1.807) is 6.20 Å². The zero-order chi connectivity index (χ0) is 6.97. The first-order valence-corrected chi connectivity index (χ1v) is 3.28. The van der Waals surface area contributed by atoms with E-state index in [1.165, 1.54) is 0 Å². The van der Waals surface area contributed by atoms with Crippen LogP contribution in [0.5, 0.6) is 0 Å². The lowest BCUT2D eigenvalue weighted by Gasteiger charge is -2.03. The van der Waals surface area contributed by atoms with Gasteiger partial charge in [0.2, 0.25) is 0 Å². The lowest BCUT2D eigenvalue weighted by Crippen LogP contribution is -2.15. The van der Waals surface area contributed by atoms with E-state index >= 15 is 0 Å². The maximum atomic E-state index is 8.83. The molecule has 54 valence electrons. The van der Waals surface area contributed by atoms with Crippen LogP contribution in [0.3, 0.4) is 0 Å². The van der Waals surface area contributed by atoms with E-state index in [9.17, 15) is 0 Å². The number of rotatable bonds is 1. The molecule has 1 aliphatic heterocycles. The minimum Gasteiger partial charge on any atom is -0.394 e. The summed E-state index contributed by atoms with van der Waals surface area (Å²) in [5.74, 6) is 0. The lowest BCUT2D eigenvalue weighted by molar-refractivity contribution is 0.251. The van der Waals surface area contributed by atoms with Gasteiger partial charge in [0.1, 0.15) is 0 Å². The molecule has 0 radical (unpaired) electrons. The number of aliphatic hydroxyl groups excluding tert-OH is 1. The highest BCUT2D eigenvalue weighted by molar-refractivity contribution is 5.25. The molecule has 3 N–H and O–H groups in total. The van der Waals surface area contributed by atoms with Crippen LogP contribution in [0.25, 0.3) is 0 Å². The summed E-state index contributed by atoms with van der Waals surface area (Å²) in [7, 11) is 0. The van der Waals surface area contributed by atoms with Crippen LogP contribution in [0.1, 0.15) is 17.3 Å². The fourth-order valence-electron chi connectivity index (χ4n) is 1.26. The summed E-state index contributed by atoms with van der Waals surface area (Å²) in [5, 5.41) is 18.7. The van der Waals surface area contributed by atoms with Gasteiger partial charge in [0.05, 0.1) is 24.5 Å². The van der Waals surface area contributed by atoms with E-state index in [4.69, 9.17) is 5.11 Å². The second kappa shape index (κ2) is 2.07. The monoisotopic (exact) mass is 139 g/mol. The maximum Gasteiger partial charge on any atom is 0.0627 e. The Balaban J connectivity index is 2.34. The molecule has 0 bridgehead atoms. The van der Waals surface area contributed by atoms with E-state index in [1.807, 2.05) is 0 Å². The zero-order valence-corrected chi connectivity index (χ0v) is 5.46. The highest BCUT2D eigenvalue weighted by Crippen LogP contribution is 2.21. The standard InChI is InChI=1S/C6H9N3O/c10-3-6-4-1-8-9-5(4)2-7-6/h1,6-7,10H,2-3H2,(H,8,9). The van der Waals surface area contributed by atoms with E-state index in [-0.39, 0.29) is 12.6 Å². The minimum absolute atomic E-state index is 0.0914. The molecule has 1 unspecified atom stereocenters. The molecule has 2 heterocycles. The maximum absolute atomic E-state index is 8.83. The number of nitrogens with zero attached hydrogens (tertiary/aromatic N) is 1. The Morgan fingerprint density at radius 3 is 3.50 bits per heavy atom. The van der Waals surface area contributed by atoms with E-state index < -0.39 is 0 Å². The van der Waals surface area contributed by atoms with Gasteiger partial charge in [-0.15, -0.1) is 0 Å². The van der Waals surface area contributed by atoms with Gasteiger partial charge < -0.3 is 10.4 Å². The quantitative estimate of drug-likeness (QED) is 0.493. The van der Waals surface area contributed by atoms with Gasteiger partial charge in [0.25, 0.3) is 0 Å². The number of aromatic nitrogens is 2. The number of hydrogen-bond donors (Lipinski definition) is 3. The molecular weight excluding hydrogens is 130 g/mol. The normalized spacial score (nSPS) is 23.1. The largest absolute Gasteiger partial charge is 0.394 e. The van der Waals surface area contributed by atoms with Crippen molar-refractivity contribution in [3.05, 3.63) is 17.5 Å². The highest BCUT2D eigenvalue weighted by atomic mass is 16.3. The van der Waals surface area contributed by atoms with E-state index in [0.717, 1.165) is 17.8 Å². The zero-order valence-electron chi connectivity index (χ0n) is 5.46. The van der Waals surface area contributed by atoms with Gasteiger partial charge >= 0.3 is 0 Å². The summed E-state index contributed by atoms with van der Waals surface area (Å²) in [6, 6.07) is 0.0914. The van der Waals surface area contributed by atoms with Crippen LogP contribution >= 0.6 is 0 Å². The summed E-state index contributed by atoms with van der Waals surface area (Å²) in [6.45, 7) is 0.938. The molecule has 0 saturated heterocycles. The number of aromatic amines is 1. The van der Waals surface area contributed by atoms with Crippen molar-refractivity contribution in [2.45, 2.75) is 12.6 Å². The molecule has 0 aliphatic carbocycles. The average molecular weight is 139 g/mol. The van der Waals surface area contributed by atoms with Crippen LogP contribution in [-0.4, -0.2) is 21.9 Å². The van der Waals surface area contributed by atoms with Crippen LogP contribution in [0.4, 0.5) is 0 Å². The van der Waals surface area contributed by atoms with Gasteiger partial charge in [-0.25, -0.2) is 0 Å². The summed E-state index contributed by atoms with van der Waals surface area (Å²) < 4.78 is 0. The number of nitrogens with one attached hydrogen (secondary N) is 2. The number of aliphatic hydroxyl groups is 1. The van der Waals surface area contributed by atoms with E-state index in [2.05, 4.69) is 15.5 Å². The molecule has 1 aromatic heterocycles. The second-order valence-electron chi connectivity index (χ2n) is 2.42. The number of H-pyrrole nitrogens is 1. The molecule has 0 saturated carbocycles. The van der Waals surface area contributed by atoms with Gasteiger partial charge in [0.15, 0.2) is 0 Å². The van der Waals surface area contributed by atoms with Gasteiger partial charge in [-0.3, -0.25) is 5.10 Å². The van der Waals surface area contributed by atoms with Crippen LogP contribution in [-0.2, 0) is 6.54 Å². The Morgan fingerprint density at radius 1 is 1.80 bits per heavy atom. The first-order chi connectivity index (χ1) is 4.92. The summed E-state index contributed by atoms with van der Waals surface area (Å²) in [6.07, 6.45) is 1.76. The van der Waals surface area contributed by atoms with Crippen LogP contribution in [0.15, 0.2) is 6.20 Å².